The SMILES string of the molecule is CNC(C)c1ccc(Br)cc1OCCc1cccs1. The van der Waals surface area contributed by atoms with E-state index < -0.39 is 0 Å². The molecule has 0 radical (unpaired) electrons. The molecule has 1 aromatic heterocycles. The summed E-state index contributed by atoms with van der Waals surface area (Å²) in [5.74, 6) is 0.952. The predicted molar refractivity (Wildman–Crippen MR) is 85.1 cm³/mol. The number of rotatable bonds is 6. The van der Waals surface area contributed by atoms with Gasteiger partial charge in [0, 0.05) is 27.4 Å². The molecule has 102 valence electrons. The zero-order valence-corrected chi connectivity index (χ0v) is 13.6. The number of halogens is 1. The first kappa shape index (κ1) is 14.6. The van der Waals surface area contributed by atoms with Crippen LogP contribution in [-0.4, -0.2) is 13.7 Å². The van der Waals surface area contributed by atoms with Gasteiger partial charge in [-0.1, -0.05) is 28.1 Å². The molecular formula is C15H18BrNOS. The predicted octanol–water partition coefficient (Wildman–Crippen LogP) is 4.41. The minimum Gasteiger partial charge on any atom is -0.493 e. The molecular weight excluding hydrogens is 322 g/mol. The molecule has 2 rings (SSSR count). The van der Waals surface area contributed by atoms with Gasteiger partial charge in [0.2, 0.25) is 0 Å². The van der Waals surface area contributed by atoms with Crippen LogP contribution in [-0.2, 0) is 6.42 Å². The molecule has 0 spiro atoms. The number of ether oxygens (including phenoxy) is 1. The molecule has 0 saturated carbocycles. The van der Waals surface area contributed by atoms with Gasteiger partial charge in [0.1, 0.15) is 5.75 Å². The van der Waals surface area contributed by atoms with Crippen molar-refractivity contribution in [3.63, 3.8) is 0 Å². The highest BCUT2D eigenvalue weighted by Gasteiger charge is 2.10. The van der Waals surface area contributed by atoms with Crippen molar-refractivity contribution in [2.24, 2.45) is 0 Å². The topological polar surface area (TPSA) is 21.3 Å². The Morgan fingerprint density at radius 2 is 2.21 bits per heavy atom. The molecule has 1 N–H and O–H groups in total. The molecule has 1 atom stereocenters. The summed E-state index contributed by atoms with van der Waals surface area (Å²) < 4.78 is 7.00. The minimum absolute atomic E-state index is 0.282. The first-order valence-electron chi connectivity index (χ1n) is 6.32. The number of thiophene rings is 1. The van der Waals surface area contributed by atoms with Gasteiger partial charge in [-0.25, -0.2) is 0 Å². The van der Waals surface area contributed by atoms with E-state index in [4.69, 9.17) is 4.74 Å². The van der Waals surface area contributed by atoms with Gasteiger partial charge in [-0.05, 0) is 37.6 Å². The van der Waals surface area contributed by atoms with E-state index >= 15 is 0 Å². The summed E-state index contributed by atoms with van der Waals surface area (Å²) in [6.45, 7) is 2.84. The summed E-state index contributed by atoms with van der Waals surface area (Å²) in [7, 11) is 1.96. The maximum absolute atomic E-state index is 5.95. The number of hydrogen-bond acceptors (Lipinski definition) is 3. The van der Waals surface area contributed by atoms with E-state index in [1.807, 2.05) is 13.1 Å². The van der Waals surface area contributed by atoms with Gasteiger partial charge >= 0.3 is 0 Å². The third-order valence-corrected chi connectivity index (χ3v) is 4.49. The summed E-state index contributed by atoms with van der Waals surface area (Å²) in [5, 5.41) is 5.35. The van der Waals surface area contributed by atoms with Crippen molar-refractivity contribution in [3.8, 4) is 5.75 Å². The van der Waals surface area contributed by atoms with Gasteiger partial charge in [0.15, 0.2) is 0 Å². The van der Waals surface area contributed by atoms with E-state index in [1.54, 1.807) is 11.3 Å². The quantitative estimate of drug-likeness (QED) is 0.841. The van der Waals surface area contributed by atoms with Crippen molar-refractivity contribution >= 4 is 27.3 Å². The third kappa shape index (κ3) is 4.06. The van der Waals surface area contributed by atoms with E-state index in [0.717, 1.165) is 16.6 Å². The van der Waals surface area contributed by atoms with E-state index in [-0.39, 0.29) is 6.04 Å². The maximum Gasteiger partial charge on any atom is 0.125 e. The molecule has 1 aromatic carbocycles. The summed E-state index contributed by atoms with van der Waals surface area (Å²) in [5.41, 5.74) is 1.19. The van der Waals surface area contributed by atoms with Crippen LogP contribution < -0.4 is 10.1 Å². The summed E-state index contributed by atoms with van der Waals surface area (Å²) in [4.78, 5) is 1.36. The van der Waals surface area contributed by atoms with E-state index in [2.05, 4.69) is 57.8 Å². The largest absolute Gasteiger partial charge is 0.493 e. The highest BCUT2D eigenvalue weighted by atomic mass is 79.9. The Balaban J connectivity index is 2.03. The zero-order valence-electron chi connectivity index (χ0n) is 11.2. The van der Waals surface area contributed by atoms with Crippen LogP contribution in [0.5, 0.6) is 5.75 Å². The van der Waals surface area contributed by atoms with Crippen LogP contribution in [0.25, 0.3) is 0 Å². The second kappa shape index (κ2) is 7.08. The van der Waals surface area contributed by atoms with Gasteiger partial charge in [0.05, 0.1) is 6.61 Å². The Labute approximate surface area is 126 Å². The molecule has 1 heterocycles. The Morgan fingerprint density at radius 1 is 1.37 bits per heavy atom. The average Bonchev–Trinajstić information content (AvgIpc) is 2.91. The Kier molecular flexibility index (Phi) is 5.43. The molecule has 0 aliphatic rings. The fourth-order valence-electron chi connectivity index (χ4n) is 1.86. The second-order valence-corrected chi connectivity index (χ2v) is 6.32. The van der Waals surface area contributed by atoms with Crippen LogP contribution in [0.4, 0.5) is 0 Å². The van der Waals surface area contributed by atoms with E-state index in [9.17, 15) is 0 Å². The summed E-state index contributed by atoms with van der Waals surface area (Å²) in [6, 6.07) is 10.7. The van der Waals surface area contributed by atoms with Crippen LogP contribution in [0.3, 0.4) is 0 Å². The van der Waals surface area contributed by atoms with Gasteiger partial charge < -0.3 is 10.1 Å². The highest BCUT2D eigenvalue weighted by Crippen LogP contribution is 2.28. The van der Waals surface area contributed by atoms with Gasteiger partial charge in [-0.2, -0.15) is 0 Å². The molecule has 1 unspecified atom stereocenters. The molecule has 0 aliphatic carbocycles. The minimum atomic E-state index is 0.282. The maximum atomic E-state index is 5.95. The normalized spacial score (nSPS) is 12.4. The lowest BCUT2D eigenvalue weighted by molar-refractivity contribution is 0.316. The second-order valence-electron chi connectivity index (χ2n) is 4.37. The number of benzene rings is 1. The monoisotopic (exact) mass is 339 g/mol. The Hall–Kier alpha value is -0.840. The van der Waals surface area contributed by atoms with Crippen LogP contribution >= 0.6 is 27.3 Å². The van der Waals surface area contributed by atoms with Crippen LogP contribution in [0, 0.1) is 0 Å². The Morgan fingerprint density at radius 3 is 2.89 bits per heavy atom. The number of nitrogens with one attached hydrogen (secondary N) is 1. The molecule has 0 amide bonds. The van der Waals surface area contributed by atoms with Crippen LogP contribution in [0.1, 0.15) is 23.4 Å². The van der Waals surface area contributed by atoms with E-state index in [1.165, 1.54) is 10.4 Å². The highest BCUT2D eigenvalue weighted by molar-refractivity contribution is 9.10. The fraction of sp³-hybridized carbons (Fsp3) is 0.333. The molecule has 0 aliphatic heterocycles. The van der Waals surface area contributed by atoms with E-state index in [0.29, 0.717) is 6.61 Å². The van der Waals surface area contributed by atoms with Crippen molar-refractivity contribution in [1.29, 1.82) is 0 Å². The van der Waals surface area contributed by atoms with Gasteiger partial charge in [0.25, 0.3) is 0 Å². The first-order valence-corrected chi connectivity index (χ1v) is 8.00. The lowest BCUT2D eigenvalue weighted by Gasteiger charge is -2.16. The molecule has 0 saturated heterocycles. The van der Waals surface area contributed by atoms with Crippen molar-refractivity contribution in [3.05, 3.63) is 50.6 Å². The van der Waals surface area contributed by atoms with Crippen molar-refractivity contribution in [1.82, 2.24) is 5.32 Å². The number of hydrogen-bond donors (Lipinski definition) is 1. The fourth-order valence-corrected chi connectivity index (χ4v) is 2.89. The summed E-state index contributed by atoms with van der Waals surface area (Å²) in [6.07, 6.45) is 0.956. The smallest absolute Gasteiger partial charge is 0.125 e. The Bertz CT molecular complexity index is 513. The first-order chi connectivity index (χ1) is 9.20. The van der Waals surface area contributed by atoms with Crippen molar-refractivity contribution in [2.45, 2.75) is 19.4 Å². The average molecular weight is 340 g/mol. The van der Waals surface area contributed by atoms with Crippen LogP contribution in [0.2, 0.25) is 0 Å². The lowest BCUT2D eigenvalue weighted by Crippen LogP contribution is -2.14. The molecule has 19 heavy (non-hydrogen) atoms. The lowest BCUT2D eigenvalue weighted by atomic mass is 10.1. The third-order valence-electron chi connectivity index (χ3n) is 3.06. The molecule has 0 fully saturated rings. The van der Waals surface area contributed by atoms with Crippen molar-refractivity contribution in [2.75, 3.05) is 13.7 Å². The molecule has 4 heteroatoms. The van der Waals surface area contributed by atoms with Crippen LogP contribution in [0.15, 0.2) is 40.2 Å². The standard InChI is InChI=1S/C15H18BrNOS/c1-11(17-2)14-6-5-12(16)10-15(14)18-8-7-13-4-3-9-19-13/h3-6,9-11,17H,7-8H2,1-2H3. The molecule has 0 bridgehead atoms. The summed E-state index contributed by atoms with van der Waals surface area (Å²) >= 11 is 5.27. The molecule has 2 nitrogen and oxygen atoms in total. The zero-order chi connectivity index (χ0) is 13.7. The van der Waals surface area contributed by atoms with Gasteiger partial charge in [-0.15, -0.1) is 11.3 Å². The van der Waals surface area contributed by atoms with Gasteiger partial charge in [-0.3, -0.25) is 0 Å². The van der Waals surface area contributed by atoms with Crippen molar-refractivity contribution < 1.29 is 4.74 Å². The molecule has 2 aromatic rings.